The van der Waals surface area contributed by atoms with Crippen molar-refractivity contribution in [1.29, 1.82) is 0 Å². The van der Waals surface area contributed by atoms with Crippen LogP contribution in [0.4, 0.5) is 11.4 Å². The third-order valence-electron chi connectivity index (χ3n) is 6.91. The number of carbonyl (C=O) groups excluding carboxylic acids is 1. The highest BCUT2D eigenvalue weighted by molar-refractivity contribution is 8.00. The topological polar surface area (TPSA) is 59.8 Å². The summed E-state index contributed by atoms with van der Waals surface area (Å²) in [6, 6.07) is 34.3. The number of aryl methyl sites for hydroxylation is 1. The molecule has 1 aliphatic heterocycles. The predicted molar refractivity (Wildman–Crippen MR) is 168 cm³/mol. The van der Waals surface area contributed by atoms with E-state index in [2.05, 4.69) is 40.6 Å². The minimum Gasteiger partial charge on any atom is -0.354 e. The minimum atomic E-state index is -0.0619. The van der Waals surface area contributed by atoms with Gasteiger partial charge in [-0.1, -0.05) is 72.1 Å². The van der Waals surface area contributed by atoms with Gasteiger partial charge in [-0.3, -0.25) is 9.78 Å². The lowest BCUT2D eigenvalue weighted by Crippen LogP contribution is -2.02. The molecule has 198 valence electrons. The first-order valence-corrected chi connectivity index (χ1v) is 14.8. The van der Waals surface area contributed by atoms with Crippen molar-refractivity contribution in [2.45, 2.75) is 26.6 Å². The van der Waals surface area contributed by atoms with Crippen LogP contribution in [0.1, 0.15) is 21.6 Å². The van der Waals surface area contributed by atoms with Crippen molar-refractivity contribution in [2.24, 2.45) is 0 Å². The van der Waals surface area contributed by atoms with Crippen molar-refractivity contribution < 1.29 is 4.79 Å². The van der Waals surface area contributed by atoms with Crippen LogP contribution in [-0.4, -0.2) is 20.5 Å². The Bertz CT molecular complexity index is 1960. The summed E-state index contributed by atoms with van der Waals surface area (Å²) < 4.78 is 1.95. The van der Waals surface area contributed by atoms with E-state index in [-0.39, 0.29) is 5.78 Å². The van der Waals surface area contributed by atoms with Gasteiger partial charge in [0.15, 0.2) is 5.78 Å². The molecule has 0 saturated carbocycles. The van der Waals surface area contributed by atoms with Crippen molar-refractivity contribution in [1.82, 2.24) is 14.8 Å². The summed E-state index contributed by atoms with van der Waals surface area (Å²) in [5, 5.41) is 10.4. The van der Waals surface area contributed by atoms with E-state index in [9.17, 15) is 4.79 Å². The maximum Gasteiger partial charge on any atom is 0.185 e. The molecule has 0 bridgehead atoms. The number of anilines is 2. The lowest BCUT2D eigenvalue weighted by atomic mass is 10.1. The first kappa shape index (κ1) is 25.4. The van der Waals surface area contributed by atoms with E-state index in [4.69, 9.17) is 5.10 Å². The predicted octanol–water partition coefficient (Wildman–Crippen LogP) is 8.98. The van der Waals surface area contributed by atoms with Crippen LogP contribution in [-0.2, 0) is 0 Å². The van der Waals surface area contributed by atoms with Gasteiger partial charge >= 0.3 is 0 Å². The fraction of sp³-hybridized carbons (Fsp3) is 0.0294. The van der Waals surface area contributed by atoms with Crippen LogP contribution in [0, 0.1) is 6.92 Å². The van der Waals surface area contributed by atoms with Gasteiger partial charge in [0.2, 0.25) is 0 Å². The fourth-order valence-electron chi connectivity index (χ4n) is 4.86. The maximum atomic E-state index is 13.4. The molecule has 7 heteroatoms. The number of rotatable bonds is 6. The first-order valence-electron chi connectivity index (χ1n) is 13.2. The molecule has 3 heterocycles. The summed E-state index contributed by atoms with van der Waals surface area (Å²) in [6.45, 7) is 1.98. The lowest BCUT2D eigenvalue weighted by molar-refractivity contribution is 0.104. The number of hydrogen-bond donors (Lipinski definition) is 1. The van der Waals surface area contributed by atoms with Crippen molar-refractivity contribution in [3.63, 3.8) is 0 Å². The molecule has 5 nitrogen and oxygen atoms in total. The van der Waals surface area contributed by atoms with Crippen LogP contribution in [0.2, 0.25) is 0 Å². The Morgan fingerprint density at radius 2 is 1.68 bits per heavy atom. The number of para-hydroxylation sites is 3. The van der Waals surface area contributed by atoms with Gasteiger partial charge in [0, 0.05) is 37.4 Å². The minimum absolute atomic E-state index is 0.0619. The van der Waals surface area contributed by atoms with E-state index in [1.807, 2.05) is 96.7 Å². The second-order valence-corrected chi connectivity index (χ2v) is 11.7. The zero-order valence-corrected chi connectivity index (χ0v) is 23.7. The second-order valence-electron chi connectivity index (χ2n) is 9.62. The van der Waals surface area contributed by atoms with E-state index in [0.29, 0.717) is 5.56 Å². The molecular formula is C34H24N4OS2. The number of carbonyl (C=O) groups is 1. The van der Waals surface area contributed by atoms with Crippen LogP contribution >= 0.6 is 23.5 Å². The van der Waals surface area contributed by atoms with Gasteiger partial charge in [0.05, 0.1) is 28.3 Å². The van der Waals surface area contributed by atoms with Gasteiger partial charge in [-0.15, -0.1) is 0 Å². The van der Waals surface area contributed by atoms with E-state index in [1.54, 1.807) is 29.6 Å². The smallest absolute Gasteiger partial charge is 0.185 e. The number of nitrogens with zero attached hydrogens (tertiary/aromatic N) is 3. The Morgan fingerprint density at radius 3 is 2.59 bits per heavy atom. The SMILES string of the molecule is Cc1nn(-c2ccccc2)c(Sc2cccc3cccnc23)c1/C=C/C(=O)c1ccc2c(c1)Nc1ccccc1S2. The van der Waals surface area contributed by atoms with Gasteiger partial charge in [-0.25, -0.2) is 4.68 Å². The molecule has 0 radical (unpaired) electrons. The van der Waals surface area contributed by atoms with Crippen molar-refractivity contribution in [3.8, 4) is 5.69 Å². The molecule has 2 aromatic heterocycles. The number of hydrogen-bond acceptors (Lipinski definition) is 6. The van der Waals surface area contributed by atoms with Crippen molar-refractivity contribution in [2.75, 3.05) is 5.32 Å². The number of ketones is 1. The Morgan fingerprint density at radius 1 is 0.878 bits per heavy atom. The number of benzene rings is 4. The average Bonchev–Trinajstić information content (AvgIpc) is 3.33. The van der Waals surface area contributed by atoms with Gasteiger partial charge in [0.1, 0.15) is 5.03 Å². The molecule has 4 aromatic carbocycles. The van der Waals surface area contributed by atoms with Crippen LogP contribution in [0.5, 0.6) is 0 Å². The zero-order chi connectivity index (χ0) is 27.8. The van der Waals surface area contributed by atoms with E-state index in [1.165, 1.54) is 4.90 Å². The Hall–Kier alpha value is -4.59. The monoisotopic (exact) mass is 568 g/mol. The Kier molecular flexibility index (Phi) is 6.66. The Labute approximate surface area is 246 Å². The van der Waals surface area contributed by atoms with Gasteiger partial charge in [0.25, 0.3) is 0 Å². The summed E-state index contributed by atoms with van der Waals surface area (Å²) in [5.41, 5.74) is 6.27. The number of aromatic nitrogens is 3. The number of fused-ring (bicyclic) bond motifs is 3. The largest absolute Gasteiger partial charge is 0.354 e. The molecule has 41 heavy (non-hydrogen) atoms. The summed E-state index contributed by atoms with van der Waals surface area (Å²) >= 11 is 3.32. The van der Waals surface area contributed by atoms with E-state index >= 15 is 0 Å². The number of nitrogens with one attached hydrogen (secondary N) is 1. The quantitative estimate of drug-likeness (QED) is 0.160. The van der Waals surface area contributed by atoms with E-state index in [0.717, 1.165) is 54.0 Å². The lowest BCUT2D eigenvalue weighted by Gasteiger charge is -2.20. The summed E-state index contributed by atoms with van der Waals surface area (Å²) in [4.78, 5) is 21.4. The fourth-order valence-corrected chi connectivity index (χ4v) is 7.01. The second kappa shape index (κ2) is 10.8. The molecular weight excluding hydrogens is 545 g/mol. The molecule has 0 aliphatic carbocycles. The van der Waals surface area contributed by atoms with Crippen LogP contribution < -0.4 is 5.32 Å². The van der Waals surface area contributed by atoms with E-state index < -0.39 is 0 Å². The molecule has 0 saturated heterocycles. The van der Waals surface area contributed by atoms with Crippen LogP contribution in [0.25, 0.3) is 22.7 Å². The first-order chi connectivity index (χ1) is 20.1. The standard InChI is InChI=1S/C34H24N4OS2/c1-22-26(17-18-29(39)24-16-19-31-28(21-24)36-27-13-5-6-14-30(27)40-31)34(38(37-22)25-11-3-2-4-12-25)41-32-15-7-9-23-10-8-20-35-33(23)32/h2-21,36H,1H3/b18-17+. The molecule has 0 unspecified atom stereocenters. The molecule has 6 aromatic rings. The zero-order valence-electron chi connectivity index (χ0n) is 22.1. The molecule has 0 spiro atoms. The van der Waals surface area contributed by atoms with Crippen LogP contribution in [0.3, 0.4) is 0 Å². The Balaban J connectivity index is 1.24. The molecule has 0 amide bonds. The highest BCUT2D eigenvalue weighted by atomic mass is 32.2. The highest BCUT2D eigenvalue weighted by Gasteiger charge is 2.19. The summed E-state index contributed by atoms with van der Waals surface area (Å²) in [5.74, 6) is -0.0619. The van der Waals surface area contributed by atoms with Gasteiger partial charge < -0.3 is 5.32 Å². The van der Waals surface area contributed by atoms with Gasteiger partial charge in [-0.2, -0.15) is 5.10 Å². The van der Waals surface area contributed by atoms with Crippen molar-refractivity contribution >= 4 is 57.7 Å². The highest BCUT2D eigenvalue weighted by Crippen LogP contribution is 2.44. The normalized spacial score (nSPS) is 12.2. The molecule has 7 rings (SSSR count). The molecule has 1 aliphatic rings. The summed E-state index contributed by atoms with van der Waals surface area (Å²) in [7, 11) is 0. The third-order valence-corrected chi connectivity index (χ3v) is 9.19. The molecule has 1 N–H and O–H groups in total. The van der Waals surface area contributed by atoms with Crippen molar-refractivity contribution in [3.05, 3.63) is 132 Å². The van der Waals surface area contributed by atoms with Crippen LogP contribution in [0.15, 0.2) is 135 Å². The summed E-state index contributed by atoms with van der Waals surface area (Å²) in [6.07, 6.45) is 5.36. The average molecular weight is 569 g/mol. The number of allylic oxidation sites excluding steroid dienone is 1. The molecule has 0 fully saturated rings. The number of pyridine rings is 1. The third kappa shape index (κ3) is 4.94. The molecule has 0 atom stereocenters. The maximum absolute atomic E-state index is 13.4. The van der Waals surface area contributed by atoms with Gasteiger partial charge in [-0.05, 0) is 73.7 Å².